The minimum absolute atomic E-state index is 0.259. The van der Waals surface area contributed by atoms with Crippen LogP contribution in [0.25, 0.3) is 0 Å². The van der Waals surface area contributed by atoms with Gasteiger partial charge in [0.15, 0.2) is 0 Å². The van der Waals surface area contributed by atoms with Gasteiger partial charge in [-0.05, 0) is 55.7 Å². The molecule has 0 heterocycles. The second-order valence-electron chi connectivity index (χ2n) is 6.42. The van der Waals surface area contributed by atoms with E-state index in [1.54, 1.807) is 14.2 Å². The van der Waals surface area contributed by atoms with E-state index in [0.29, 0.717) is 0 Å². The highest BCUT2D eigenvalue weighted by Gasteiger charge is 2.42. The summed E-state index contributed by atoms with van der Waals surface area (Å²) in [7, 11) is 3.42. The largest absolute Gasteiger partial charge is 0.497 e. The van der Waals surface area contributed by atoms with Crippen molar-refractivity contribution in [2.24, 2.45) is 17.6 Å². The summed E-state index contributed by atoms with van der Waals surface area (Å²) in [5, 5.41) is 0. The maximum absolute atomic E-state index is 6.80. The molecule has 1 aromatic rings. The predicted molar refractivity (Wildman–Crippen MR) is 80.1 cm³/mol. The highest BCUT2D eigenvalue weighted by molar-refractivity contribution is 5.45. The van der Waals surface area contributed by atoms with Crippen LogP contribution in [0, 0.1) is 11.8 Å². The maximum atomic E-state index is 6.80. The van der Waals surface area contributed by atoms with E-state index in [4.69, 9.17) is 15.2 Å². The zero-order valence-corrected chi connectivity index (χ0v) is 12.5. The number of nitrogens with two attached hydrogens (primary N) is 1. The van der Waals surface area contributed by atoms with E-state index in [2.05, 4.69) is 6.07 Å². The van der Waals surface area contributed by atoms with Crippen LogP contribution in [0.1, 0.15) is 44.1 Å². The number of methoxy groups -OCH3 is 2. The van der Waals surface area contributed by atoms with Crippen LogP contribution in [0.15, 0.2) is 18.2 Å². The molecule has 3 heteroatoms. The minimum Gasteiger partial charge on any atom is -0.497 e. The summed E-state index contributed by atoms with van der Waals surface area (Å²) >= 11 is 0. The van der Waals surface area contributed by atoms with Crippen LogP contribution >= 0.6 is 0 Å². The van der Waals surface area contributed by atoms with Crippen molar-refractivity contribution in [1.82, 2.24) is 0 Å². The summed E-state index contributed by atoms with van der Waals surface area (Å²) in [6, 6.07) is 5.98. The van der Waals surface area contributed by atoms with Gasteiger partial charge in [-0.25, -0.2) is 0 Å². The van der Waals surface area contributed by atoms with Gasteiger partial charge < -0.3 is 15.2 Å². The molecule has 0 amide bonds. The van der Waals surface area contributed by atoms with Gasteiger partial charge >= 0.3 is 0 Å². The van der Waals surface area contributed by atoms with Crippen molar-refractivity contribution in [3.63, 3.8) is 0 Å². The molecule has 3 rings (SSSR count). The Morgan fingerprint density at radius 3 is 2.55 bits per heavy atom. The summed E-state index contributed by atoms with van der Waals surface area (Å²) in [6.07, 6.45) is 7.49. The quantitative estimate of drug-likeness (QED) is 0.915. The summed E-state index contributed by atoms with van der Waals surface area (Å²) in [5.74, 6) is 3.48. The monoisotopic (exact) mass is 275 g/mol. The van der Waals surface area contributed by atoms with Crippen LogP contribution < -0.4 is 15.2 Å². The van der Waals surface area contributed by atoms with Crippen LogP contribution in [-0.4, -0.2) is 14.2 Å². The normalized spacial score (nSPS) is 30.1. The van der Waals surface area contributed by atoms with Crippen molar-refractivity contribution in [3.8, 4) is 11.5 Å². The molecule has 2 fully saturated rings. The minimum atomic E-state index is -0.259. The molecular weight excluding hydrogens is 250 g/mol. The van der Waals surface area contributed by atoms with Crippen LogP contribution in [-0.2, 0) is 5.54 Å². The molecule has 1 aromatic carbocycles. The molecule has 0 bridgehead atoms. The zero-order valence-electron chi connectivity index (χ0n) is 12.5. The summed E-state index contributed by atoms with van der Waals surface area (Å²) in [4.78, 5) is 0. The fourth-order valence-corrected chi connectivity index (χ4v) is 3.77. The lowest BCUT2D eigenvalue weighted by Crippen LogP contribution is -2.42. The van der Waals surface area contributed by atoms with E-state index in [-0.39, 0.29) is 5.54 Å². The fourth-order valence-electron chi connectivity index (χ4n) is 3.77. The summed E-state index contributed by atoms with van der Waals surface area (Å²) < 4.78 is 10.9. The topological polar surface area (TPSA) is 44.5 Å². The number of hydrogen-bond acceptors (Lipinski definition) is 3. The molecule has 2 saturated carbocycles. The van der Waals surface area contributed by atoms with Crippen molar-refractivity contribution in [2.75, 3.05) is 14.2 Å². The van der Waals surface area contributed by atoms with Gasteiger partial charge in [0.1, 0.15) is 11.5 Å². The van der Waals surface area contributed by atoms with Gasteiger partial charge in [0.05, 0.1) is 14.2 Å². The summed E-state index contributed by atoms with van der Waals surface area (Å²) in [6.45, 7) is 0. The summed E-state index contributed by atoms with van der Waals surface area (Å²) in [5.41, 5.74) is 7.66. The van der Waals surface area contributed by atoms with Gasteiger partial charge in [0, 0.05) is 11.1 Å². The van der Waals surface area contributed by atoms with Gasteiger partial charge in [-0.2, -0.15) is 0 Å². The second-order valence-corrected chi connectivity index (χ2v) is 6.42. The first-order chi connectivity index (χ1) is 9.66. The molecular formula is C17H25NO2. The fraction of sp³-hybridized carbons (Fsp3) is 0.647. The third-order valence-electron chi connectivity index (χ3n) is 5.06. The molecule has 0 aliphatic heterocycles. The van der Waals surface area contributed by atoms with Crippen LogP contribution in [0.5, 0.6) is 11.5 Å². The Labute approximate surface area is 121 Å². The lowest BCUT2D eigenvalue weighted by molar-refractivity contribution is 0.201. The first-order valence-corrected chi connectivity index (χ1v) is 7.67. The average molecular weight is 275 g/mol. The second kappa shape index (κ2) is 5.28. The SMILES string of the molecule is COc1ccc(OC)c(C2(N)CCCC(C3CC3)C2)c1. The number of benzene rings is 1. The molecule has 0 radical (unpaired) electrons. The predicted octanol–water partition coefficient (Wildman–Crippen LogP) is 3.46. The van der Waals surface area contributed by atoms with Gasteiger partial charge in [0.2, 0.25) is 0 Å². The van der Waals surface area contributed by atoms with Gasteiger partial charge in [-0.3, -0.25) is 0 Å². The molecule has 2 aliphatic carbocycles. The Morgan fingerprint density at radius 1 is 1.10 bits per heavy atom. The molecule has 2 atom stereocenters. The highest BCUT2D eigenvalue weighted by atomic mass is 16.5. The molecule has 2 unspecified atom stereocenters. The van der Waals surface area contributed by atoms with Crippen molar-refractivity contribution < 1.29 is 9.47 Å². The van der Waals surface area contributed by atoms with E-state index in [1.165, 1.54) is 25.7 Å². The van der Waals surface area contributed by atoms with Gasteiger partial charge in [-0.1, -0.05) is 12.8 Å². The lowest BCUT2D eigenvalue weighted by atomic mass is 9.71. The molecule has 2 aliphatic rings. The Hall–Kier alpha value is -1.22. The van der Waals surface area contributed by atoms with Crippen molar-refractivity contribution >= 4 is 0 Å². The Balaban J connectivity index is 1.92. The van der Waals surface area contributed by atoms with Crippen molar-refractivity contribution in [1.29, 1.82) is 0 Å². The molecule has 2 N–H and O–H groups in total. The van der Waals surface area contributed by atoms with Crippen molar-refractivity contribution in [3.05, 3.63) is 23.8 Å². The molecule has 0 spiro atoms. The Bertz CT molecular complexity index is 484. The van der Waals surface area contributed by atoms with Crippen LogP contribution in [0.2, 0.25) is 0 Å². The molecule has 0 aromatic heterocycles. The zero-order chi connectivity index (χ0) is 14.2. The van der Waals surface area contributed by atoms with Crippen LogP contribution in [0.4, 0.5) is 0 Å². The van der Waals surface area contributed by atoms with Gasteiger partial charge in [0.25, 0.3) is 0 Å². The molecule has 3 nitrogen and oxygen atoms in total. The van der Waals surface area contributed by atoms with E-state index in [1.807, 2.05) is 12.1 Å². The molecule has 110 valence electrons. The van der Waals surface area contributed by atoms with Gasteiger partial charge in [-0.15, -0.1) is 0 Å². The third-order valence-corrected chi connectivity index (χ3v) is 5.06. The Kier molecular flexibility index (Phi) is 3.63. The first-order valence-electron chi connectivity index (χ1n) is 7.67. The van der Waals surface area contributed by atoms with E-state index in [9.17, 15) is 0 Å². The number of hydrogen-bond donors (Lipinski definition) is 1. The average Bonchev–Trinajstić information content (AvgIpc) is 3.31. The van der Waals surface area contributed by atoms with E-state index >= 15 is 0 Å². The lowest BCUT2D eigenvalue weighted by Gasteiger charge is -2.39. The van der Waals surface area contributed by atoms with Crippen LogP contribution in [0.3, 0.4) is 0 Å². The number of rotatable bonds is 4. The number of ether oxygens (including phenoxy) is 2. The first kappa shape index (κ1) is 13.7. The van der Waals surface area contributed by atoms with Crippen molar-refractivity contribution in [2.45, 2.75) is 44.1 Å². The standard InChI is InChI=1S/C17H25NO2/c1-19-14-7-8-16(20-2)15(10-14)17(18)9-3-4-13(11-17)12-5-6-12/h7-8,10,12-13H,3-6,9,11,18H2,1-2H3. The van der Waals surface area contributed by atoms with E-state index in [0.717, 1.165) is 41.7 Å². The molecule has 20 heavy (non-hydrogen) atoms. The smallest absolute Gasteiger partial charge is 0.124 e. The highest BCUT2D eigenvalue weighted by Crippen LogP contribution is 2.50. The molecule has 0 saturated heterocycles. The van der Waals surface area contributed by atoms with E-state index < -0.39 is 0 Å². The Morgan fingerprint density at radius 2 is 1.90 bits per heavy atom. The maximum Gasteiger partial charge on any atom is 0.124 e. The third kappa shape index (κ3) is 2.51.